The first-order chi connectivity index (χ1) is 14.9. The Morgan fingerprint density at radius 3 is 1.97 bits per heavy atom. The Balaban J connectivity index is 1.82. The molecule has 0 radical (unpaired) electrons. The maximum atomic E-state index is 12.9. The number of hydrogen-bond donors (Lipinski definition) is 0. The van der Waals surface area contributed by atoms with E-state index in [9.17, 15) is 14.4 Å². The highest BCUT2D eigenvalue weighted by Gasteiger charge is 2.24. The monoisotopic (exact) mass is 427 g/mol. The molecule has 8 nitrogen and oxygen atoms in total. The molecule has 0 spiro atoms. The zero-order valence-corrected chi connectivity index (χ0v) is 17.8. The van der Waals surface area contributed by atoms with Crippen molar-refractivity contribution < 1.29 is 33.3 Å². The van der Waals surface area contributed by atoms with Crippen LogP contribution in [0, 0.1) is 6.92 Å². The summed E-state index contributed by atoms with van der Waals surface area (Å²) in [4.78, 5) is 37.6. The molecule has 0 fully saturated rings. The second-order valence-corrected chi connectivity index (χ2v) is 7.14. The van der Waals surface area contributed by atoms with Crippen molar-refractivity contribution in [1.29, 1.82) is 0 Å². The maximum Gasteiger partial charge on any atom is 0.343 e. The number of nitrogens with zero attached hydrogens (tertiary/aromatic N) is 1. The summed E-state index contributed by atoms with van der Waals surface area (Å²) in [6, 6.07) is 11.0. The van der Waals surface area contributed by atoms with Crippen molar-refractivity contribution in [3.8, 4) is 11.5 Å². The van der Waals surface area contributed by atoms with Crippen LogP contribution in [-0.2, 0) is 32.0 Å². The van der Waals surface area contributed by atoms with Crippen molar-refractivity contribution in [2.45, 2.75) is 19.9 Å². The summed E-state index contributed by atoms with van der Waals surface area (Å²) in [5.74, 6) is -0.517. The molecular weight excluding hydrogens is 402 g/mol. The van der Waals surface area contributed by atoms with Gasteiger partial charge in [0.2, 0.25) is 0 Å². The molecule has 2 aromatic rings. The van der Waals surface area contributed by atoms with E-state index in [2.05, 4.69) is 9.47 Å². The van der Waals surface area contributed by atoms with Crippen LogP contribution in [0.4, 0.5) is 0 Å². The van der Waals surface area contributed by atoms with Gasteiger partial charge in [-0.25, -0.2) is 9.59 Å². The van der Waals surface area contributed by atoms with Gasteiger partial charge >= 0.3 is 11.9 Å². The average Bonchev–Trinajstić information content (AvgIpc) is 2.80. The number of hydrogen-bond acceptors (Lipinski definition) is 7. The van der Waals surface area contributed by atoms with Crippen LogP contribution in [0.25, 0.3) is 0 Å². The third kappa shape index (κ3) is 5.53. The van der Waals surface area contributed by atoms with Gasteiger partial charge in [0.1, 0.15) is 0 Å². The summed E-state index contributed by atoms with van der Waals surface area (Å²) in [5, 5.41) is 0. The van der Waals surface area contributed by atoms with Crippen molar-refractivity contribution in [1.82, 2.24) is 4.90 Å². The largest absolute Gasteiger partial charge is 0.478 e. The number of aryl methyl sites for hydroxylation is 1. The minimum atomic E-state index is -0.548. The molecule has 0 N–H and O–H groups in total. The molecule has 2 aromatic carbocycles. The lowest BCUT2D eigenvalue weighted by Gasteiger charge is -2.30. The van der Waals surface area contributed by atoms with E-state index < -0.39 is 11.9 Å². The average molecular weight is 427 g/mol. The number of rotatable bonds is 7. The number of amides is 1. The lowest BCUT2D eigenvalue weighted by molar-refractivity contribution is -0.144. The molecule has 1 aliphatic rings. The molecular formula is C23H25NO7. The van der Waals surface area contributed by atoms with Crippen LogP contribution in [0.1, 0.15) is 27.0 Å². The molecule has 0 saturated heterocycles. The zero-order chi connectivity index (χ0) is 22.4. The summed E-state index contributed by atoms with van der Waals surface area (Å²) in [6.45, 7) is 2.32. The number of methoxy groups -OCH3 is 2. The first kappa shape index (κ1) is 22.1. The number of esters is 2. The fourth-order valence-corrected chi connectivity index (χ4v) is 3.23. The molecule has 1 aliphatic heterocycles. The lowest BCUT2D eigenvalue weighted by Crippen LogP contribution is -2.36. The third-order valence-corrected chi connectivity index (χ3v) is 5.01. The van der Waals surface area contributed by atoms with Crippen LogP contribution in [0.2, 0.25) is 0 Å². The number of carbonyl (C=O) groups is 3. The maximum absolute atomic E-state index is 12.9. The number of ether oxygens (including phenoxy) is 4. The fourth-order valence-electron chi connectivity index (χ4n) is 3.23. The summed E-state index contributed by atoms with van der Waals surface area (Å²) < 4.78 is 20.3. The normalized spacial score (nSPS) is 12.5. The molecule has 8 heteroatoms. The van der Waals surface area contributed by atoms with Gasteiger partial charge < -0.3 is 23.8 Å². The Hall–Kier alpha value is -3.55. The van der Waals surface area contributed by atoms with Gasteiger partial charge in [-0.05, 0) is 48.7 Å². The first-order valence-corrected chi connectivity index (χ1v) is 9.82. The predicted molar refractivity (Wildman–Crippen MR) is 111 cm³/mol. The molecule has 164 valence electrons. The Labute approximate surface area is 180 Å². The van der Waals surface area contributed by atoms with Gasteiger partial charge in [0.25, 0.3) is 5.91 Å². The van der Waals surface area contributed by atoms with Crippen molar-refractivity contribution in [2.75, 3.05) is 34.0 Å². The second kappa shape index (κ2) is 9.97. The third-order valence-electron chi connectivity index (χ3n) is 5.01. The smallest absolute Gasteiger partial charge is 0.343 e. The molecule has 0 aromatic heterocycles. The summed E-state index contributed by atoms with van der Waals surface area (Å²) in [6.07, 6.45) is 0.624. The van der Waals surface area contributed by atoms with E-state index >= 15 is 0 Å². The molecule has 0 atom stereocenters. The predicted octanol–water partition coefficient (Wildman–Crippen LogP) is 2.30. The molecule has 0 unspecified atom stereocenters. The standard InChI is InChI=1S/C23H25NO7/c1-15-4-6-16(7-5-15)23(27)24-9-8-17-10-19(30-13-21(25)28-2)20(11-18(17)12-24)31-14-22(26)29-3/h4-7,10-11H,8-9,12-14H2,1-3H3. The van der Waals surface area contributed by atoms with Crippen LogP contribution in [0.3, 0.4) is 0 Å². The number of benzene rings is 2. The van der Waals surface area contributed by atoms with E-state index in [-0.39, 0.29) is 24.9 Å². The summed E-state index contributed by atoms with van der Waals surface area (Å²) in [5.41, 5.74) is 3.59. The minimum absolute atomic E-state index is 0.0475. The first-order valence-electron chi connectivity index (χ1n) is 9.82. The van der Waals surface area contributed by atoms with Crippen molar-refractivity contribution in [3.05, 3.63) is 58.7 Å². The highest BCUT2D eigenvalue weighted by Crippen LogP contribution is 2.34. The molecule has 3 rings (SSSR count). The van der Waals surface area contributed by atoms with Gasteiger partial charge in [-0.1, -0.05) is 17.7 Å². The Bertz CT molecular complexity index is 969. The Morgan fingerprint density at radius 1 is 0.871 bits per heavy atom. The molecule has 0 bridgehead atoms. The van der Waals surface area contributed by atoms with Gasteiger partial charge in [0, 0.05) is 18.7 Å². The topological polar surface area (TPSA) is 91.4 Å². The van der Waals surface area contributed by atoms with Gasteiger partial charge in [-0.15, -0.1) is 0 Å². The van der Waals surface area contributed by atoms with E-state index in [0.717, 1.165) is 16.7 Å². The van der Waals surface area contributed by atoms with Crippen molar-refractivity contribution in [2.24, 2.45) is 0 Å². The van der Waals surface area contributed by atoms with Gasteiger partial charge in [-0.2, -0.15) is 0 Å². The van der Waals surface area contributed by atoms with Gasteiger partial charge in [0.15, 0.2) is 24.7 Å². The molecule has 31 heavy (non-hydrogen) atoms. The van der Waals surface area contributed by atoms with E-state index in [1.807, 2.05) is 31.2 Å². The highest BCUT2D eigenvalue weighted by atomic mass is 16.6. The van der Waals surface area contributed by atoms with E-state index in [0.29, 0.717) is 30.8 Å². The number of fused-ring (bicyclic) bond motifs is 1. The Kier molecular flexibility index (Phi) is 7.12. The summed E-state index contributed by atoms with van der Waals surface area (Å²) >= 11 is 0. The van der Waals surface area contributed by atoms with Crippen LogP contribution in [0.5, 0.6) is 11.5 Å². The zero-order valence-electron chi connectivity index (χ0n) is 17.8. The highest BCUT2D eigenvalue weighted by molar-refractivity contribution is 5.94. The van der Waals surface area contributed by atoms with Crippen LogP contribution in [-0.4, -0.2) is 56.7 Å². The SMILES string of the molecule is COC(=O)COc1cc2c(cc1OCC(=O)OC)CN(C(=O)c1ccc(C)cc1)CC2. The van der Waals surface area contributed by atoms with E-state index in [4.69, 9.17) is 9.47 Å². The van der Waals surface area contributed by atoms with Crippen LogP contribution < -0.4 is 9.47 Å². The Morgan fingerprint density at radius 2 is 1.42 bits per heavy atom. The second-order valence-electron chi connectivity index (χ2n) is 7.14. The van der Waals surface area contributed by atoms with E-state index in [1.165, 1.54) is 14.2 Å². The molecule has 1 amide bonds. The number of carbonyl (C=O) groups excluding carboxylic acids is 3. The van der Waals surface area contributed by atoms with Crippen LogP contribution >= 0.6 is 0 Å². The van der Waals surface area contributed by atoms with E-state index in [1.54, 1.807) is 17.0 Å². The van der Waals surface area contributed by atoms with Crippen molar-refractivity contribution >= 4 is 17.8 Å². The quantitative estimate of drug-likeness (QED) is 0.626. The van der Waals surface area contributed by atoms with Gasteiger partial charge in [0.05, 0.1) is 14.2 Å². The lowest BCUT2D eigenvalue weighted by atomic mass is 9.98. The van der Waals surface area contributed by atoms with Crippen molar-refractivity contribution in [3.63, 3.8) is 0 Å². The van der Waals surface area contributed by atoms with Crippen LogP contribution in [0.15, 0.2) is 36.4 Å². The van der Waals surface area contributed by atoms with Gasteiger partial charge in [-0.3, -0.25) is 4.79 Å². The molecule has 0 aliphatic carbocycles. The fraction of sp³-hybridized carbons (Fsp3) is 0.348. The minimum Gasteiger partial charge on any atom is -0.478 e. The molecule has 1 heterocycles. The molecule has 0 saturated carbocycles. The summed E-state index contributed by atoms with van der Waals surface area (Å²) in [7, 11) is 2.54.